The SMILES string of the molecule is O=S(=O)(NCCOc1ccc(-c2ccc(F)cc2)nn1)c1ccc(F)c(C(F)(F)F)c1. The summed E-state index contributed by atoms with van der Waals surface area (Å²) < 4.78 is 96.2. The predicted molar refractivity (Wildman–Crippen MR) is 99.5 cm³/mol. The lowest BCUT2D eigenvalue weighted by Gasteiger charge is -2.11. The Balaban J connectivity index is 1.57. The van der Waals surface area contributed by atoms with Gasteiger partial charge in [0, 0.05) is 18.2 Å². The molecule has 0 fully saturated rings. The Kier molecular flexibility index (Phi) is 6.51. The van der Waals surface area contributed by atoms with Crippen molar-refractivity contribution >= 4 is 10.0 Å². The van der Waals surface area contributed by atoms with Crippen LogP contribution < -0.4 is 9.46 Å². The fourth-order valence-corrected chi connectivity index (χ4v) is 3.51. The molecular weight excluding hydrogens is 445 g/mol. The molecule has 0 saturated heterocycles. The van der Waals surface area contributed by atoms with Gasteiger partial charge in [-0.05, 0) is 48.5 Å². The number of ether oxygens (including phenoxy) is 1. The van der Waals surface area contributed by atoms with Gasteiger partial charge in [0.15, 0.2) is 0 Å². The maximum absolute atomic E-state index is 13.3. The van der Waals surface area contributed by atoms with Crippen LogP contribution in [-0.2, 0) is 16.2 Å². The van der Waals surface area contributed by atoms with E-state index in [0.717, 1.165) is 6.07 Å². The lowest BCUT2D eigenvalue weighted by atomic mass is 10.1. The van der Waals surface area contributed by atoms with Gasteiger partial charge in [-0.25, -0.2) is 21.9 Å². The van der Waals surface area contributed by atoms with Crippen molar-refractivity contribution in [3.05, 3.63) is 71.8 Å². The van der Waals surface area contributed by atoms with Crippen molar-refractivity contribution < 1.29 is 35.1 Å². The van der Waals surface area contributed by atoms with Gasteiger partial charge in [0.1, 0.15) is 18.2 Å². The van der Waals surface area contributed by atoms with Gasteiger partial charge in [-0.2, -0.15) is 13.2 Å². The van der Waals surface area contributed by atoms with Gasteiger partial charge in [-0.15, -0.1) is 10.2 Å². The molecular formula is C19H14F5N3O3S. The number of aromatic nitrogens is 2. The molecule has 31 heavy (non-hydrogen) atoms. The van der Waals surface area contributed by atoms with Gasteiger partial charge in [-0.3, -0.25) is 0 Å². The molecule has 12 heteroatoms. The first-order valence-corrected chi connectivity index (χ1v) is 10.1. The fraction of sp³-hybridized carbons (Fsp3) is 0.158. The first kappa shape index (κ1) is 22.6. The second kappa shape index (κ2) is 8.94. The quantitative estimate of drug-likeness (QED) is 0.430. The van der Waals surface area contributed by atoms with Gasteiger partial charge >= 0.3 is 6.18 Å². The van der Waals surface area contributed by atoms with Crippen LogP contribution in [0.15, 0.2) is 59.5 Å². The Morgan fingerprint density at radius 2 is 1.65 bits per heavy atom. The van der Waals surface area contributed by atoms with Crippen LogP contribution in [-0.4, -0.2) is 31.8 Å². The summed E-state index contributed by atoms with van der Waals surface area (Å²) in [6, 6.07) is 10.0. The average Bonchev–Trinajstić information content (AvgIpc) is 2.72. The van der Waals surface area contributed by atoms with Crippen molar-refractivity contribution in [1.29, 1.82) is 0 Å². The van der Waals surface area contributed by atoms with Crippen molar-refractivity contribution in [3.8, 4) is 17.1 Å². The van der Waals surface area contributed by atoms with Crippen molar-refractivity contribution in [2.45, 2.75) is 11.1 Å². The van der Waals surface area contributed by atoms with E-state index in [9.17, 15) is 30.4 Å². The number of halogens is 5. The lowest BCUT2D eigenvalue weighted by Crippen LogP contribution is -2.28. The topological polar surface area (TPSA) is 81.2 Å². The van der Waals surface area contributed by atoms with E-state index in [1.165, 1.54) is 30.3 Å². The van der Waals surface area contributed by atoms with Crippen molar-refractivity contribution in [2.75, 3.05) is 13.2 Å². The van der Waals surface area contributed by atoms with Gasteiger partial charge in [-0.1, -0.05) is 0 Å². The summed E-state index contributed by atoms with van der Waals surface area (Å²) in [5, 5.41) is 7.72. The number of benzene rings is 2. The standard InChI is InChI=1S/C19H14F5N3O3S/c20-13-3-1-12(2-4-13)17-7-8-18(27-26-17)30-10-9-25-31(28,29)14-5-6-16(21)15(11-14)19(22,23)24/h1-8,11,25H,9-10H2. The minimum absolute atomic E-state index is 0.0752. The van der Waals surface area contributed by atoms with Crippen LogP contribution in [0.3, 0.4) is 0 Å². The first-order valence-electron chi connectivity index (χ1n) is 8.65. The molecule has 0 unspecified atom stereocenters. The fourth-order valence-electron chi connectivity index (χ4n) is 2.48. The van der Waals surface area contributed by atoms with Crippen LogP contribution in [0, 0.1) is 11.6 Å². The van der Waals surface area contributed by atoms with E-state index >= 15 is 0 Å². The molecule has 1 N–H and O–H groups in total. The highest BCUT2D eigenvalue weighted by molar-refractivity contribution is 7.89. The molecule has 0 saturated carbocycles. The zero-order valence-corrected chi connectivity index (χ0v) is 16.3. The highest BCUT2D eigenvalue weighted by Crippen LogP contribution is 2.32. The number of hydrogen-bond acceptors (Lipinski definition) is 5. The number of hydrogen-bond donors (Lipinski definition) is 1. The summed E-state index contributed by atoms with van der Waals surface area (Å²) in [6.07, 6.45) is -5.03. The van der Waals surface area contributed by atoms with Crippen LogP contribution in [0.2, 0.25) is 0 Å². The average molecular weight is 459 g/mol. The van der Waals surface area contributed by atoms with Gasteiger partial charge < -0.3 is 4.74 Å². The number of nitrogens with one attached hydrogen (secondary N) is 1. The van der Waals surface area contributed by atoms with Crippen LogP contribution in [0.4, 0.5) is 22.0 Å². The minimum atomic E-state index is -5.03. The van der Waals surface area contributed by atoms with E-state index in [-0.39, 0.29) is 25.1 Å². The van der Waals surface area contributed by atoms with Crippen molar-refractivity contribution in [3.63, 3.8) is 0 Å². The van der Waals surface area contributed by atoms with Crippen LogP contribution in [0.5, 0.6) is 5.88 Å². The molecule has 0 radical (unpaired) electrons. The van der Waals surface area contributed by atoms with E-state index in [1.54, 1.807) is 6.07 Å². The highest BCUT2D eigenvalue weighted by Gasteiger charge is 2.35. The molecule has 0 aliphatic rings. The van der Waals surface area contributed by atoms with Gasteiger partial charge in [0.2, 0.25) is 15.9 Å². The maximum Gasteiger partial charge on any atom is 0.419 e. The molecule has 0 aliphatic heterocycles. The van der Waals surface area contributed by atoms with E-state index in [4.69, 9.17) is 4.74 Å². The minimum Gasteiger partial charge on any atom is -0.475 e. The maximum atomic E-state index is 13.3. The van der Waals surface area contributed by atoms with Crippen LogP contribution in [0.1, 0.15) is 5.56 Å². The lowest BCUT2D eigenvalue weighted by molar-refractivity contribution is -0.140. The second-order valence-electron chi connectivity index (χ2n) is 6.15. The molecule has 0 amide bonds. The van der Waals surface area contributed by atoms with Crippen LogP contribution in [0.25, 0.3) is 11.3 Å². The summed E-state index contributed by atoms with van der Waals surface area (Å²) in [4.78, 5) is -0.732. The monoisotopic (exact) mass is 459 g/mol. The summed E-state index contributed by atoms with van der Waals surface area (Å²) in [6.45, 7) is -0.487. The van der Waals surface area contributed by atoms with Gasteiger partial charge in [0.05, 0.1) is 16.2 Å². The van der Waals surface area contributed by atoms with Crippen molar-refractivity contribution in [1.82, 2.24) is 14.9 Å². The molecule has 3 rings (SSSR count). The van der Waals surface area contributed by atoms with Gasteiger partial charge in [0.25, 0.3) is 0 Å². The van der Waals surface area contributed by atoms with E-state index in [2.05, 4.69) is 14.9 Å². The normalized spacial score (nSPS) is 12.0. The summed E-state index contributed by atoms with van der Waals surface area (Å²) in [5.41, 5.74) is -0.585. The zero-order valence-electron chi connectivity index (χ0n) is 15.5. The predicted octanol–water partition coefficient (Wildman–Crippen LogP) is 3.80. The number of alkyl halides is 3. The zero-order chi connectivity index (χ0) is 22.6. The number of rotatable bonds is 7. The molecule has 1 aromatic heterocycles. The molecule has 0 aliphatic carbocycles. The largest absolute Gasteiger partial charge is 0.475 e. The summed E-state index contributed by atoms with van der Waals surface area (Å²) in [5.74, 6) is -1.89. The molecule has 164 valence electrons. The smallest absolute Gasteiger partial charge is 0.419 e. The van der Waals surface area contributed by atoms with E-state index in [1.807, 2.05) is 0 Å². The van der Waals surface area contributed by atoms with Crippen LogP contribution >= 0.6 is 0 Å². The Morgan fingerprint density at radius 1 is 0.935 bits per heavy atom. The highest BCUT2D eigenvalue weighted by atomic mass is 32.2. The number of nitrogens with zero attached hydrogens (tertiary/aromatic N) is 2. The third-order valence-electron chi connectivity index (χ3n) is 3.98. The summed E-state index contributed by atoms with van der Waals surface area (Å²) >= 11 is 0. The number of sulfonamides is 1. The Morgan fingerprint density at radius 3 is 2.26 bits per heavy atom. The molecule has 3 aromatic rings. The Hall–Kier alpha value is -3.12. The Labute approximate surface area is 173 Å². The Bertz CT molecular complexity index is 1150. The van der Waals surface area contributed by atoms with E-state index < -0.39 is 38.3 Å². The van der Waals surface area contributed by atoms with Crippen molar-refractivity contribution in [2.24, 2.45) is 0 Å². The molecule has 1 heterocycles. The third kappa shape index (κ3) is 5.73. The van der Waals surface area contributed by atoms with E-state index in [0.29, 0.717) is 17.3 Å². The second-order valence-corrected chi connectivity index (χ2v) is 7.92. The molecule has 0 spiro atoms. The molecule has 2 aromatic carbocycles. The molecule has 0 atom stereocenters. The summed E-state index contributed by atoms with van der Waals surface area (Å²) in [7, 11) is -4.32. The first-order chi connectivity index (χ1) is 14.6. The molecule has 0 bridgehead atoms. The third-order valence-corrected chi connectivity index (χ3v) is 5.44. The molecule has 6 nitrogen and oxygen atoms in total.